The number of hydrogen-bond acceptors (Lipinski definition) is 4. The second-order valence-electron chi connectivity index (χ2n) is 8.18. The summed E-state index contributed by atoms with van der Waals surface area (Å²) in [6.07, 6.45) is 3.22. The highest BCUT2D eigenvalue weighted by Crippen LogP contribution is 2.52. The largest absolute Gasteiger partial charge is 0.360 e. The van der Waals surface area contributed by atoms with E-state index < -0.39 is 29.4 Å². The van der Waals surface area contributed by atoms with E-state index in [-0.39, 0.29) is 28.5 Å². The standard InChI is InChI=1S/C23H19ClFN3O3S/c1-12-2-5-14(6-3-12)28-20(29)18-17-8-9-23(31-17,19(18)21(28)30)11-26-22(32)27-13-4-7-16(25)15(24)10-13/h2-10,17-19H,11H2,1H3,(H2,26,27,32). The molecule has 2 N–H and O–H groups in total. The number of nitrogens with one attached hydrogen (secondary N) is 2. The molecule has 4 atom stereocenters. The van der Waals surface area contributed by atoms with Crippen LogP contribution in [0.3, 0.4) is 0 Å². The summed E-state index contributed by atoms with van der Waals surface area (Å²) in [4.78, 5) is 27.8. The van der Waals surface area contributed by atoms with Crippen LogP contribution in [0.1, 0.15) is 5.56 Å². The van der Waals surface area contributed by atoms with Crippen LogP contribution in [0.2, 0.25) is 5.02 Å². The maximum atomic E-state index is 13.4. The van der Waals surface area contributed by atoms with Crippen LogP contribution in [0.4, 0.5) is 15.8 Å². The molecule has 9 heteroatoms. The number of nitrogens with zero attached hydrogens (tertiary/aromatic N) is 1. The number of rotatable bonds is 4. The summed E-state index contributed by atoms with van der Waals surface area (Å²) < 4.78 is 19.5. The van der Waals surface area contributed by atoms with Crippen molar-refractivity contribution in [3.8, 4) is 0 Å². The van der Waals surface area contributed by atoms with Crippen molar-refractivity contribution in [3.05, 3.63) is 71.0 Å². The molecule has 5 rings (SSSR count). The first-order chi connectivity index (χ1) is 15.3. The van der Waals surface area contributed by atoms with Gasteiger partial charge in [0.25, 0.3) is 0 Å². The number of amides is 2. The molecule has 2 fully saturated rings. The average Bonchev–Trinajstić information content (AvgIpc) is 3.41. The molecule has 0 aliphatic carbocycles. The summed E-state index contributed by atoms with van der Waals surface area (Å²) >= 11 is 11.2. The molecule has 0 spiro atoms. The van der Waals surface area contributed by atoms with Gasteiger partial charge in [-0.15, -0.1) is 0 Å². The minimum atomic E-state index is -0.978. The second kappa shape index (κ2) is 7.65. The molecule has 0 saturated carbocycles. The number of carbonyl (C=O) groups is 2. The van der Waals surface area contributed by atoms with E-state index in [9.17, 15) is 14.0 Å². The van der Waals surface area contributed by atoms with Crippen molar-refractivity contribution < 1.29 is 18.7 Å². The van der Waals surface area contributed by atoms with Crippen LogP contribution in [0.25, 0.3) is 0 Å². The van der Waals surface area contributed by atoms with Gasteiger partial charge < -0.3 is 15.4 Å². The molecule has 164 valence electrons. The van der Waals surface area contributed by atoms with E-state index >= 15 is 0 Å². The quantitative estimate of drug-likeness (QED) is 0.403. The Balaban J connectivity index is 1.32. The molecular weight excluding hydrogens is 453 g/mol. The first-order valence-corrected chi connectivity index (χ1v) is 10.9. The van der Waals surface area contributed by atoms with Gasteiger partial charge in [-0.05, 0) is 49.5 Å². The number of halogens is 2. The minimum Gasteiger partial charge on any atom is -0.360 e. The summed E-state index contributed by atoms with van der Waals surface area (Å²) in [5, 5.41) is 6.24. The molecule has 3 aliphatic rings. The third-order valence-electron chi connectivity index (χ3n) is 6.15. The number of carbonyl (C=O) groups excluding carboxylic acids is 2. The fraction of sp³-hybridized carbons (Fsp3) is 0.261. The number of hydrogen-bond donors (Lipinski definition) is 2. The summed E-state index contributed by atoms with van der Waals surface area (Å²) in [6, 6.07) is 11.5. The zero-order valence-electron chi connectivity index (χ0n) is 17.0. The topological polar surface area (TPSA) is 70.7 Å². The molecule has 2 aromatic carbocycles. The highest BCUT2D eigenvalue weighted by molar-refractivity contribution is 7.80. The first kappa shape index (κ1) is 21.1. The molecule has 2 saturated heterocycles. The molecule has 4 unspecified atom stereocenters. The normalized spacial score (nSPS) is 27.7. The fourth-order valence-electron chi connectivity index (χ4n) is 4.62. The number of imide groups is 1. The van der Waals surface area contributed by atoms with Crippen molar-refractivity contribution in [3.63, 3.8) is 0 Å². The van der Waals surface area contributed by atoms with Crippen LogP contribution in [0.15, 0.2) is 54.6 Å². The van der Waals surface area contributed by atoms with Crippen LogP contribution < -0.4 is 15.5 Å². The molecule has 2 amide bonds. The highest BCUT2D eigenvalue weighted by atomic mass is 35.5. The van der Waals surface area contributed by atoms with Gasteiger partial charge >= 0.3 is 0 Å². The predicted molar refractivity (Wildman–Crippen MR) is 123 cm³/mol. The van der Waals surface area contributed by atoms with E-state index in [1.807, 2.05) is 31.2 Å². The summed E-state index contributed by atoms with van der Waals surface area (Å²) in [7, 11) is 0. The average molecular weight is 472 g/mol. The SMILES string of the molecule is Cc1ccc(N2C(=O)C3C4C=CC(CNC(=S)Nc5ccc(F)c(Cl)c5)(O4)C3C2=O)cc1. The third kappa shape index (κ3) is 3.30. The van der Waals surface area contributed by atoms with Crippen molar-refractivity contribution in [2.45, 2.75) is 18.6 Å². The van der Waals surface area contributed by atoms with Gasteiger partial charge in [-0.25, -0.2) is 9.29 Å². The molecule has 3 aliphatic heterocycles. The lowest BCUT2D eigenvalue weighted by molar-refractivity contribution is -0.126. The van der Waals surface area contributed by atoms with Crippen LogP contribution in [-0.4, -0.2) is 35.2 Å². The molecular formula is C23H19ClFN3O3S. The van der Waals surface area contributed by atoms with E-state index in [0.717, 1.165) is 5.56 Å². The number of fused-ring (bicyclic) bond motifs is 5. The zero-order chi connectivity index (χ0) is 22.6. The molecule has 2 aromatic rings. The lowest BCUT2D eigenvalue weighted by Gasteiger charge is -2.29. The van der Waals surface area contributed by atoms with Crippen molar-refractivity contribution in [1.29, 1.82) is 0 Å². The van der Waals surface area contributed by atoms with E-state index in [4.69, 9.17) is 28.6 Å². The van der Waals surface area contributed by atoms with E-state index in [1.54, 1.807) is 12.1 Å². The van der Waals surface area contributed by atoms with Crippen LogP contribution in [0, 0.1) is 24.6 Å². The van der Waals surface area contributed by atoms with Gasteiger partial charge in [-0.1, -0.05) is 41.4 Å². The second-order valence-corrected chi connectivity index (χ2v) is 9.00. The van der Waals surface area contributed by atoms with Crippen LogP contribution in [0.5, 0.6) is 0 Å². The molecule has 2 bridgehead atoms. The van der Waals surface area contributed by atoms with E-state index in [0.29, 0.717) is 11.4 Å². The highest BCUT2D eigenvalue weighted by Gasteiger charge is 2.67. The Bertz CT molecular complexity index is 1170. The van der Waals surface area contributed by atoms with Gasteiger partial charge in [-0.3, -0.25) is 9.59 Å². The van der Waals surface area contributed by atoms with Crippen molar-refractivity contribution in [2.24, 2.45) is 11.8 Å². The van der Waals surface area contributed by atoms with Crippen molar-refractivity contribution in [2.75, 3.05) is 16.8 Å². The molecule has 32 heavy (non-hydrogen) atoms. The first-order valence-electron chi connectivity index (χ1n) is 10.1. The fourth-order valence-corrected chi connectivity index (χ4v) is 4.99. The molecule has 0 radical (unpaired) electrons. The van der Waals surface area contributed by atoms with Gasteiger partial charge in [0.05, 0.1) is 35.2 Å². The van der Waals surface area contributed by atoms with Gasteiger partial charge in [0.2, 0.25) is 11.8 Å². The Morgan fingerprint density at radius 1 is 1.22 bits per heavy atom. The number of aryl methyl sites for hydroxylation is 1. The summed E-state index contributed by atoms with van der Waals surface area (Å²) in [5.74, 6) is -2.25. The minimum absolute atomic E-state index is 0.0220. The maximum absolute atomic E-state index is 13.4. The molecule has 0 aromatic heterocycles. The van der Waals surface area contributed by atoms with Crippen molar-refractivity contribution >= 4 is 52.1 Å². The van der Waals surface area contributed by atoms with E-state index in [1.165, 1.54) is 23.1 Å². The zero-order valence-corrected chi connectivity index (χ0v) is 18.5. The Morgan fingerprint density at radius 3 is 2.69 bits per heavy atom. The predicted octanol–water partition coefficient (Wildman–Crippen LogP) is 3.59. The summed E-state index contributed by atoms with van der Waals surface area (Å²) in [6.45, 7) is 2.14. The van der Waals surface area contributed by atoms with Crippen LogP contribution >= 0.6 is 23.8 Å². The van der Waals surface area contributed by atoms with Gasteiger partial charge in [0.15, 0.2) is 5.11 Å². The smallest absolute Gasteiger partial charge is 0.241 e. The number of benzene rings is 2. The Morgan fingerprint density at radius 2 is 1.97 bits per heavy atom. The van der Waals surface area contributed by atoms with E-state index in [2.05, 4.69) is 10.6 Å². The number of thiocarbonyl (C=S) groups is 1. The monoisotopic (exact) mass is 471 g/mol. The Kier molecular flexibility index (Phi) is 5.03. The maximum Gasteiger partial charge on any atom is 0.241 e. The van der Waals surface area contributed by atoms with Crippen molar-refractivity contribution in [1.82, 2.24) is 5.32 Å². The third-order valence-corrected chi connectivity index (χ3v) is 6.69. The Hall–Kier alpha value is -2.81. The lowest BCUT2D eigenvalue weighted by atomic mass is 9.77. The number of anilines is 2. The number of ether oxygens (including phenoxy) is 1. The van der Waals surface area contributed by atoms with Gasteiger partial charge in [0, 0.05) is 5.69 Å². The van der Waals surface area contributed by atoms with Gasteiger partial charge in [-0.2, -0.15) is 0 Å². The molecule has 3 heterocycles. The Labute approximate surface area is 194 Å². The molecule has 6 nitrogen and oxygen atoms in total. The lowest BCUT2D eigenvalue weighted by Crippen LogP contribution is -2.49. The summed E-state index contributed by atoms with van der Waals surface area (Å²) in [5.41, 5.74) is 1.15. The van der Waals surface area contributed by atoms with Gasteiger partial charge in [0.1, 0.15) is 11.4 Å². The van der Waals surface area contributed by atoms with Crippen LogP contribution in [-0.2, 0) is 14.3 Å².